The molecule has 2 aliphatic rings. The molecule has 2 aliphatic heterocycles. The van der Waals surface area contributed by atoms with E-state index in [1.54, 1.807) is 13.1 Å². The molecule has 0 unspecified atom stereocenters. The van der Waals surface area contributed by atoms with E-state index >= 15 is 0 Å². The van der Waals surface area contributed by atoms with Gasteiger partial charge in [-0.1, -0.05) is 10.6 Å². The van der Waals surface area contributed by atoms with Crippen LogP contribution in [-0.4, -0.2) is 40.2 Å². The predicted molar refractivity (Wildman–Crippen MR) is 87.1 cm³/mol. The molecule has 0 aliphatic carbocycles. The lowest BCUT2D eigenvalue weighted by Gasteiger charge is -2.43. The van der Waals surface area contributed by atoms with Gasteiger partial charge in [0.2, 0.25) is 0 Å². The second-order valence-electron chi connectivity index (χ2n) is 6.11. The summed E-state index contributed by atoms with van der Waals surface area (Å²) in [4.78, 5) is 26.2. The van der Waals surface area contributed by atoms with Crippen molar-refractivity contribution in [3.05, 3.63) is 39.9 Å². The summed E-state index contributed by atoms with van der Waals surface area (Å²) in [6.45, 7) is 2.35. The summed E-state index contributed by atoms with van der Waals surface area (Å²) in [5.74, 6) is 0.498. The number of amides is 1. The summed E-state index contributed by atoms with van der Waals surface area (Å²) >= 11 is 1.26. The lowest BCUT2D eigenvalue weighted by atomic mass is 9.83. The number of nitrogens with zero attached hydrogens (tertiary/aromatic N) is 4. The zero-order chi connectivity index (χ0) is 16.0. The quantitative estimate of drug-likeness (QED) is 0.875. The van der Waals surface area contributed by atoms with Crippen molar-refractivity contribution in [2.75, 3.05) is 25.0 Å². The summed E-state index contributed by atoms with van der Waals surface area (Å²) in [5, 5.41) is 7.41. The molecular weight excluding hydrogens is 314 g/mol. The second-order valence-corrected chi connectivity index (χ2v) is 6.84. The minimum Gasteiger partial charge on any atom is -0.359 e. The highest BCUT2D eigenvalue weighted by atomic mass is 32.1. The highest BCUT2D eigenvalue weighted by Crippen LogP contribution is 2.38. The normalized spacial score (nSPS) is 22.6. The number of carbonyl (C=O) groups excluding carboxylic acids is 1. The molecule has 120 valence electrons. The van der Waals surface area contributed by atoms with Crippen LogP contribution < -0.4 is 15.8 Å². The van der Waals surface area contributed by atoms with Gasteiger partial charge in [0, 0.05) is 55.9 Å². The predicted octanol–water partition coefficient (Wildman–Crippen LogP) is 0.683. The molecule has 0 aromatic carbocycles. The molecule has 0 saturated carbocycles. The van der Waals surface area contributed by atoms with E-state index in [1.807, 2.05) is 16.7 Å². The summed E-state index contributed by atoms with van der Waals surface area (Å²) in [7, 11) is 1.60. The Balaban J connectivity index is 1.68. The van der Waals surface area contributed by atoms with Crippen molar-refractivity contribution < 1.29 is 4.79 Å². The third-order valence-electron chi connectivity index (χ3n) is 4.68. The number of fused-ring (bicyclic) bond motifs is 4. The maximum Gasteiger partial charge on any atom is 0.274 e. The molecule has 8 heteroatoms. The van der Waals surface area contributed by atoms with Gasteiger partial charge in [-0.2, -0.15) is 0 Å². The first-order chi connectivity index (χ1) is 11.2. The summed E-state index contributed by atoms with van der Waals surface area (Å²) in [6.07, 6.45) is 1.08. The SMILES string of the molecule is CNC(=O)c1nnsc1N1C[C@H]2C[C@@H](C1)c1cccc(=O)n1C2. The van der Waals surface area contributed by atoms with Gasteiger partial charge >= 0.3 is 0 Å². The second kappa shape index (κ2) is 5.45. The standard InChI is InChI=1S/C15H17N5O2S/c1-16-14(22)13-15(23-18-17-13)19-6-9-5-10(8-19)11-3-2-4-12(21)20(11)7-9/h2-4,9-10H,5-8H2,1H3,(H,16,22)/t9-,10+/m1/s1. The van der Waals surface area contributed by atoms with Crippen LogP contribution in [0.3, 0.4) is 0 Å². The van der Waals surface area contributed by atoms with E-state index in [9.17, 15) is 9.59 Å². The topological polar surface area (TPSA) is 80.1 Å². The van der Waals surface area contributed by atoms with Gasteiger partial charge in [0.05, 0.1) is 0 Å². The van der Waals surface area contributed by atoms with E-state index in [1.165, 1.54) is 11.5 Å². The molecule has 0 spiro atoms. The van der Waals surface area contributed by atoms with E-state index in [2.05, 4.69) is 19.8 Å². The maximum atomic E-state index is 12.1. The van der Waals surface area contributed by atoms with Gasteiger partial charge in [0.15, 0.2) is 5.69 Å². The number of pyridine rings is 1. The Bertz CT molecular complexity index is 814. The number of hydrogen-bond donors (Lipinski definition) is 1. The van der Waals surface area contributed by atoms with Crippen LogP contribution in [0.2, 0.25) is 0 Å². The number of hydrogen-bond acceptors (Lipinski definition) is 6. The van der Waals surface area contributed by atoms with Crippen LogP contribution >= 0.6 is 11.5 Å². The van der Waals surface area contributed by atoms with Crippen LogP contribution in [0, 0.1) is 5.92 Å². The smallest absolute Gasteiger partial charge is 0.274 e. The molecule has 1 fully saturated rings. The largest absolute Gasteiger partial charge is 0.359 e. The molecule has 4 rings (SSSR count). The fourth-order valence-corrected chi connectivity index (χ4v) is 4.40. The first kappa shape index (κ1) is 14.4. The number of rotatable bonds is 2. The molecule has 2 bridgehead atoms. The Hall–Kier alpha value is -2.22. The van der Waals surface area contributed by atoms with Crippen molar-refractivity contribution in [2.24, 2.45) is 5.92 Å². The molecular formula is C15H17N5O2S. The van der Waals surface area contributed by atoms with Gasteiger partial charge in [0.1, 0.15) is 5.00 Å². The lowest BCUT2D eigenvalue weighted by Crippen LogP contribution is -2.47. The van der Waals surface area contributed by atoms with E-state index in [-0.39, 0.29) is 11.5 Å². The average Bonchev–Trinajstić information content (AvgIpc) is 3.05. The van der Waals surface area contributed by atoms with E-state index < -0.39 is 0 Å². The monoisotopic (exact) mass is 331 g/mol. The molecule has 4 heterocycles. The van der Waals surface area contributed by atoms with Crippen molar-refractivity contribution in [3.63, 3.8) is 0 Å². The Labute approximate surface area is 137 Å². The third kappa shape index (κ3) is 2.33. The van der Waals surface area contributed by atoms with Gasteiger partial charge in [-0.15, -0.1) is 5.10 Å². The molecule has 0 radical (unpaired) electrons. The minimum atomic E-state index is -0.207. The van der Waals surface area contributed by atoms with E-state index in [0.29, 0.717) is 17.5 Å². The number of aromatic nitrogens is 3. The van der Waals surface area contributed by atoms with Crippen LogP contribution in [0.15, 0.2) is 23.0 Å². The van der Waals surface area contributed by atoms with Crippen LogP contribution in [0.25, 0.3) is 0 Å². The van der Waals surface area contributed by atoms with E-state index in [0.717, 1.165) is 36.8 Å². The van der Waals surface area contributed by atoms with Crippen LogP contribution in [-0.2, 0) is 6.54 Å². The molecule has 1 N–H and O–H groups in total. The molecule has 1 saturated heterocycles. The molecule has 7 nitrogen and oxygen atoms in total. The van der Waals surface area contributed by atoms with Crippen LogP contribution in [0.4, 0.5) is 5.00 Å². The molecule has 2 aromatic rings. The molecule has 1 amide bonds. The van der Waals surface area contributed by atoms with Crippen LogP contribution in [0.1, 0.15) is 28.5 Å². The Morgan fingerprint density at radius 1 is 1.35 bits per heavy atom. The van der Waals surface area contributed by atoms with Crippen molar-refractivity contribution >= 4 is 22.4 Å². The molecule has 23 heavy (non-hydrogen) atoms. The number of anilines is 1. The highest BCUT2D eigenvalue weighted by molar-refractivity contribution is 7.10. The number of carbonyl (C=O) groups is 1. The van der Waals surface area contributed by atoms with Gasteiger partial charge in [-0.05, 0) is 18.4 Å². The summed E-state index contributed by atoms with van der Waals surface area (Å²) < 4.78 is 5.86. The highest BCUT2D eigenvalue weighted by Gasteiger charge is 2.36. The minimum absolute atomic E-state index is 0.0798. The maximum absolute atomic E-state index is 12.1. The van der Waals surface area contributed by atoms with Crippen molar-refractivity contribution in [1.82, 2.24) is 19.5 Å². The molecule has 2 atom stereocenters. The first-order valence-corrected chi connectivity index (χ1v) is 8.44. The van der Waals surface area contributed by atoms with Gasteiger partial charge in [-0.3, -0.25) is 9.59 Å². The molecule has 2 aromatic heterocycles. The Morgan fingerprint density at radius 3 is 3.04 bits per heavy atom. The average molecular weight is 331 g/mol. The van der Waals surface area contributed by atoms with Crippen molar-refractivity contribution in [3.8, 4) is 0 Å². The Morgan fingerprint density at radius 2 is 2.22 bits per heavy atom. The summed E-state index contributed by atoms with van der Waals surface area (Å²) in [6, 6.07) is 5.49. The third-order valence-corrected chi connectivity index (χ3v) is 5.47. The van der Waals surface area contributed by atoms with E-state index in [4.69, 9.17) is 0 Å². The first-order valence-electron chi connectivity index (χ1n) is 7.66. The Kier molecular flexibility index (Phi) is 3.41. The van der Waals surface area contributed by atoms with Crippen molar-refractivity contribution in [1.29, 1.82) is 0 Å². The van der Waals surface area contributed by atoms with Gasteiger partial charge in [-0.25, -0.2) is 0 Å². The lowest BCUT2D eigenvalue weighted by molar-refractivity contribution is 0.0958. The summed E-state index contributed by atoms with van der Waals surface area (Å²) in [5.41, 5.74) is 1.57. The fourth-order valence-electron chi connectivity index (χ4n) is 3.72. The number of nitrogens with one attached hydrogen (secondary N) is 1. The zero-order valence-corrected chi connectivity index (χ0v) is 13.5. The number of piperidine rings is 1. The zero-order valence-electron chi connectivity index (χ0n) is 12.7. The van der Waals surface area contributed by atoms with Gasteiger partial charge in [0.25, 0.3) is 11.5 Å². The fraction of sp³-hybridized carbons (Fsp3) is 0.467. The van der Waals surface area contributed by atoms with Gasteiger partial charge < -0.3 is 14.8 Å². The van der Waals surface area contributed by atoms with Crippen molar-refractivity contribution in [2.45, 2.75) is 18.9 Å². The van der Waals surface area contributed by atoms with Crippen LogP contribution in [0.5, 0.6) is 0 Å².